The second kappa shape index (κ2) is 23.5. The number of nitrogens with zero attached hydrogens (tertiary/aromatic N) is 1. The van der Waals surface area contributed by atoms with Crippen LogP contribution in [-0.4, -0.2) is 111 Å². The first kappa shape index (κ1) is 54.4. The predicted octanol–water partition coefficient (Wildman–Crippen LogP) is 8.77. The second-order valence-corrected chi connectivity index (χ2v) is 21.0. The minimum absolute atomic E-state index is 0.109. The molecule has 16 nitrogen and oxygen atoms in total. The number of amides is 5. The van der Waals surface area contributed by atoms with Gasteiger partial charge in [0.15, 0.2) is 5.78 Å². The van der Waals surface area contributed by atoms with Gasteiger partial charge in [-0.1, -0.05) is 85.4 Å². The van der Waals surface area contributed by atoms with E-state index in [-0.39, 0.29) is 39.8 Å². The van der Waals surface area contributed by atoms with Crippen LogP contribution in [0.1, 0.15) is 98.6 Å². The van der Waals surface area contributed by atoms with Crippen molar-refractivity contribution in [1.29, 1.82) is 0 Å². The molecule has 5 N–H and O–H groups in total. The molecule has 5 aromatic rings. The normalized spacial score (nSPS) is 21.1. The summed E-state index contributed by atoms with van der Waals surface area (Å²) >= 11 is 12.8. The van der Waals surface area contributed by atoms with Gasteiger partial charge < -0.3 is 40.2 Å². The van der Waals surface area contributed by atoms with Crippen molar-refractivity contribution in [2.24, 2.45) is 0 Å². The van der Waals surface area contributed by atoms with Gasteiger partial charge >= 0.3 is 0 Å². The lowest BCUT2D eigenvalue weighted by atomic mass is 9.55. The van der Waals surface area contributed by atoms with Crippen molar-refractivity contribution in [2.75, 3.05) is 68.7 Å². The summed E-state index contributed by atoms with van der Waals surface area (Å²) in [5, 5.41) is 15.8. The monoisotopic (exact) mass is 1100 g/mol. The number of carbonyl (C=O) groups excluding carboxylic acids is 6. The number of rotatable bonds is 21. The summed E-state index contributed by atoms with van der Waals surface area (Å²) < 4.78 is 39.1. The molecule has 2 spiro atoms. The highest BCUT2D eigenvalue weighted by atomic mass is 35.5. The Balaban J connectivity index is 0.641. The van der Waals surface area contributed by atoms with Crippen molar-refractivity contribution >= 4 is 75.6 Å². The van der Waals surface area contributed by atoms with E-state index in [2.05, 4.69) is 33.2 Å². The fraction of sp³-hybridized carbons (Fsp3) is 0.356. The standard InChI is InChI=1S/C59H59Cl2FN6O10/c1-35-11-22-47(53(70)64-35)68-55(72)41-7-6-10-45(49(41)56(68)73)63-25-26-75-27-28-76-29-30-77-31-32-78-40-19-12-36(13-20-40)33-48(69)37-14-17-39(18-15-37)65-54(71)52-50(42-8-5-9-44(61)51(42)62)59(58(67-52)23-3-2-4-24-58)43-21-16-38(60)34-46(43)66-57(59)74/h5-10,12-21,34,47,50,52,63,67H,1-4,11,22-33H2,(H,64,70)(H,65,71)(H,66,74)/t47?,50-,52+,59+/m0/s1. The van der Waals surface area contributed by atoms with Gasteiger partial charge in [-0.3, -0.25) is 39.0 Å². The van der Waals surface area contributed by atoms with Gasteiger partial charge in [-0.15, -0.1) is 0 Å². The molecule has 0 aromatic heterocycles. The molecule has 3 fully saturated rings. The zero-order valence-electron chi connectivity index (χ0n) is 42.7. The molecule has 406 valence electrons. The molecule has 0 radical (unpaired) electrons. The molecule has 1 saturated carbocycles. The van der Waals surface area contributed by atoms with Gasteiger partial charge in [0.05, 0.1) is 61.8 Å². The van der Waals surface area contributed by atoms with Gasteiger partial charge in [0.2, 0.25) is 17.7 Å². The van der Waals surface area contributed by atoms with Crippen LogP contribution in [0.5, 0.6) is 5.75 Å². The van der Waals surface area contributed by atoms with E-state index < -0.39 is 58.4 Å². The maximum atomic E-state index is 16.3. The third kappa shape index (κ3) is 10.7. The third-order valence-electron chi connectivity index (χ3n) is 15.5. The maximum absolute atomic E-state index is 16.3. The Morgan fingerprint density at radius 3 is 2.22 bits per heavy atom. The number of piperidine rings is 1. The molecule has 2 saturated heterocycles. The zero-order chi connectivity index (χ0) is 54.6. The summed E-state index contributed by atoms with van der Waals surface area (Å²) in [7, 11) is 0. The van der Waals surface area contributed by atoms with Gasteiger partial charge in [-0.25, -0.2) is 4.39 Å². The highest BCUT2D eigenvalue weighted by molar-refractivity contribution is 6.31. The minimum Gasteiger partial charge on any atom is -0.491 e. The van der Waals surface area contributed by atoms with Gasteiger partial charge in [0.1, 0.15) is 29.6 Å². The quantitative estimate of drug-likeness (QED) is 0.0266. The summed E-state index contributed by atoms with van der Waals surface area (Å²) in [5.74, 6) is -3.35. The van der Waals surface area contributed by atoms with E-state index in [0.717, 1.165) is 29.7 Å². The summed E-state index contributed by atoms with van der Waals surface area (Å²) in [4.78, 5) is 82.8. The minimum atomic E-state index is -1.36. The van der Waals surface area contributed by atoms with Crippen molar-refractivity contribution in [1.82, 2.24) is 15.5 Å². The van der Waals surface area contributed by atoms with Crippen molar-refractivity contribution in [3.63, 3.8) is 0 Å². The molecule has 5 aromatic carbocycles. The fourth-order valence-electron chi connectivity index (χ4n) is 11.9. The number of ether oxygens (including phenoxy) is 4. The molecule has 4 heterocycles. The van der Waals surface area contributed by atoms with E-state index in [1.54, 1.807) is 78.9 Å². The molecular weight excluding hydrogens is 1040 g/mol. The average molecular weight is 1100 g/mol. The first-order valence-electron chi connectivity index (χ1n) is 26.3. The van der Waals surface area contributed by atoms with Gasteiger partial charge in [0, 0.05) is 57.8 Å². The number of carbonyl (C=O) groups is 6. The molecule has 19 heteroatoms. The Morgan fingerprint density at radius 2 is 1.49 bits per heavy atom. The van der Waals surface area contributed by atoms with E-state index in [1.807, 2.05) is 18.2 Å². The molecule has 5 aliphatic rings. The third-order valence-corrected chi connectivity index (χ3v) is 16.0. The summed E-state index contributed by atoms with van der Waals surface area (Å²) in [6, 6.07) is 26.9. The molecule has 4 aliphatic heterocycles. The lowest BCUT2D eigenvalue weighted by Crippen LogP contribution is -2.60. The number of anilines is 3. The molecule has 5 amide bonds. The van der Waals surface area contributed by atoms with E-state index in [4.69, 9.17) is 42.1 Å². The van der Waals surface area contributed by atoms with Crippen LogP contribution in [0.25, 0.3) is 0 Å². The largest absolute Gasteiger partial charge is 0.491 e. The van der Waals surface area contributed by atoms with E-state index in [0.29, 0.717) is 123 Å². The summed E-state index contributed by atoms with van der Waals surface area (Å²) in [5.41, 5.74) is 2.35. The Hall–Kier alpha value is -6.99. The molecule has 4 atom stereocenters. The number of nitrogens with one attached hydrogen (secondary N) is 5. The lowest BCUT2D eigenvalue weighted by Gasteiger charge is -2.47. The average Bonchev–Trinajstić information content (AvgIpc) is 2.87. The summed E-state index contributed by atoms with van der Waals surface area (Å²) in [6.07, 6.45) is 4.73. The number of Topliss-reactive ketones (excluding diaryl/α,β-unsaturated/α-hetero) is 1. The second-order valence-electron chi connectivity index (χ2n) is 20.1. The summed E-state index contributed by atoms with van der Waals surface area (Å²) in [6.45, 7) is 6.52. The number of imide groups is 1. The molecule has 1 aliphatic carbocycles. The van der Waals surface area contributed by atoms with Crippen molar-refractivity contribution in [3.05, 3.63) is 165 Å². The highest BCUT2D eigenvalue weighted by Gasteiger charge is 2.72. The number of ketones is 1. The smallest absolute Gasteiger partial charge is 0.264 e. The highest BCUT2D eigenvalue weighted by Crippen LogP contribution is 2.63. The van der Waals surface area contributed by atoms with Crippen molar-refractivity contribution in [2.45, 2.75) is 80.3 Å². The Bertz CT molecular complexity index is 3150. The van der Waals surface area contributed by atoms with Crippen LogP contribution in [0, 0.1) is 5.82 Å². The molecular formula is C59H59Cl2FN6O10. The SMILES string of the molecule is C=C1CCC(N2C(=O)c3cccc(NCCOCCOCCOCCOc4ccc(CC(=O)c5ccc(NC(=O)[C@@H]6NC7(CCCCC7)[C@@]7(C(=O)Nc8cc(Cl)ccc87)[C@H]6c6cccc(Cl)c6F)cc5)cc4)c3C2=O)C(=O)N1. The molecule has 0 bridgehead atoms. The predicted molar refractivity (Wildman–Crippen MR) is 292 cm³/mol. The number of fused-ring (bicyclic) bond motifs is 4. The van der Waals surface area contributed by atoms with E-state index in [9.17, 15) is 28.8 Å². The molecule has 78 heavy (non-hydrogen) atoms. The van der Waals surface area contributed by atoms with E-state index >= 15 is 4.39 Å². The number of hydrogen-bond acceptors (Lipinski definition) is 12. The van der Waals surface area contributed by atoms with Crippen molar-refractivity contribution < 1.29 is 52.1 Å². The lowest BCUT2D eigenvalue weighted by molar-refractivity contribution is -0.125. The van der Waals surface area contributed by atoms with Crippen LogP contribution in [0.3, 0.4) is 0 Å². The number of benzene rings is 5. The van der Waals surface area contributed by atoms with Crippen LogP contribution < -0.4 is 31.3 Å². The maximum Gasteiger partial charge on any atom is 0.264 e. The molecule has 1 unspecified atom stereocenters. The fourth-order valence-corrected chi connectivity index (χ4v) is 12.3. The van der Waals surface area contributed by atoms with E-state index in [1.165, 1.54) is 6.07 Å². The first-order chi connectivity index (χ1) is 37.8. The Morgan fingerprint density at radius 1 is 0.782 bits per heavy atom. The van der Waals surface area contributed by atoms with Crippen LogP contribution in [0.4, 0.5) is 21.5 Å². The Labute approximate surface area is 460 Å². The van der Waals surface area contributed by atoms with Crippen LogP contribution >= 0.6 is 23.2 Å². The van der Waals surface area contributed by atoms with Crippen LogP contribution in [0.15, 0.2) is 115 Å². The van der Waals surface area contributed by atoms with Crippen molar-refractivity contribution in [3.8, 4) is 5.75 Å². The number of allylic oxidation sites excluding steroid dienone is 1. The first-order valence-corrected chi connectivity index (χ1v) is 27.0. The zero-order valence-corrected chi connectivity index (χ0v) is 44.2. The van der Waals surface area contributed by atoms with Gasteiger partial charge in [0.25, 0.3) is 11.8 Å². The van der Waals surface area contributed by atoms with Crippen LogP contribution in [-0.2, 0) is 40.4 Å². The van der Waals surface area contributed by atoms with Gasteiger partial charge in [-0.05, 0) is 109 Å². The topological polar surface area (TPSA) is 203 Å². The number of halogens is 3. The van der Waals surface area contributed by atoms with Gasteiger partial charge in [-0.2, -0.15) is 0 Å². The number of hydrogen-bond donors (Lipinski definition) is 5. The molecule has 10 rings (SSSR count). The van der Waals surface area contributed by atoms with Crippen LogP contribution in [0.2, 0.25) is 10.0 Å². The Kier molecular flexibility index (Phi) is 16.4.